The van der Waals surface area contributed by atoms with Crippen molar-refractivity contribution in [2.75, 3.05) is 5.32 Å². The van der Waals surface area contributed by atoms with Crippen molar-refractivity contribution in [2.45, 2.75) is 59.4 Å². The largest absolute Gasteiger partial charge is 0.349 e. The molecule has 0 aliphatic heterocycles. The third kappa shape index (κ3) is 5.08. The zero-order valence-corrected chi connectivity index (χ0v) is 14.6. The summed E-state index contributed by atoms with van der Waals surface area (Å²) in [7, 11) is 0. The summed E-state index contributed by atoms with van der Waals surface area (Å²) in [5.74, 6) is 0.645. The molecule has 0 radical (unpaired) electrons. The Bertz CT molecular complexity index is 567. The molecule has 1 aromatic carbocycles. The lowest BCUT2D eigenvalue weighted by molar-refractivity contribution is -0.123. The fourth-order valence-corrected chi connectivity index (χ4v) is 2.73. The Morgan fingerprint density at radius 1 is 1.09 bits per heavy atom. The van der Waals surface area contributed by atoms with Crippen LogP contribution in [0.3, 0.4) is 0 Å². The van der Waals surface area contributed by atoms with Gasteiger partial charge in [-0.25, -0.2) is 0 Å². The van der Waals surface area contributed by atoms with Crippen molar-refractivity contribution in [2.24, 2.45) is 11.3 Å². The molecule has 2 rings (SSSR count). The number of rotatable bonds is 3. The first-order valence-corrected chi connectivity index (χ1v) is 8.48. The van der Waals surface area contributed by atoms with E-state index in [1.54, 1.807) is 18.2 Å². The van der Waals surface area contributed by atoms with Crippen molar-refractivity contribution >= 4 is 17.5 Å². The zero-order valence-electron chi connectivity index (χ0n) is 14.6. The van der Waals surface area contributed by atoms with Crippen LogP contribution in [0, 0.1) is 11.3 Å². The summed E-state index contributed by atoms with van der Waals surface area (Å²) in [5.41, 5.74) is 0.794. The Kier molecular flexibility index (Phi) is 5.45. The molecule has 1 aromatic rings. The van der Waals surface area contributed by atoms with Crippen LogP contribution >= 0.6 is 0 Å². The van der Waals surface area contributed by atoms with Gasteiger partial charge >= 0.3 is 0 Å². The van der Waals surface area contributed by atoms with Crippen molar-refractivity contribution in [1.29, 1.82) is 0 Å². The van der Waals surface area contributed by atoms with Crippen molar-refractivity contribution in [3.8, 4) is 0 Å². The lowest BCUT2D eigenvalue weighted by Crippen LogP contribution is -2.37. The molecule has 0 atom stereocenters. The number of amides is 2. The molecular weight excluding hydrogens is 288 g/mol. The highest BCUT2D eigenvalue weighted by Crippen LogP contribution is 2.24. The number of anilines is 1. The maximum atomic E-state index is 12.4. The number of benzene rings is 1. The van der Waals surface area contributed by atoms with Crippen molar-refractivity contribution in [3.63, 3.8) is 0 Å². The van der Waals surface area contributed by atoms with Crippen LogP contribution in [0.2, 0.25) is 0 Å². The fraction of sp³-hybridized carbons (Fsp3) is 0.579. The zero-order chi connectivity index (χ0) is 17.0. The molecule has 1 aliphatic carbocycles. The summed E-state index contributed by atoms with van der Waals surface area (Å²) in [6.07, 6.45) is 4.44. The van der Waals surface area contributed by atoms with E-state index in [-0.39, 0.29) is 17.9 Å². The van der Waals surface area contributed by atoms with Crippen LogP contribution in [0.4, 0.5) is 5.69 Å². The minimum absolute atomic E-state index is 0.0589. The van der Waals surface area contributed by atoms with Crippen LogP contribution in [0.5, 0.6) is 0 Å². The monoisotopic (exact) mass is 316 g/mol. The molecule has 126 valence electrons. The van der Waals surface area contributed by atoms with Crippen LogP contribution in [-0.2, 0) is 4.79 Å². The normalized spacial score (nSPS) is 21.6. The average molecular weight is 316 g/mol. The van der Waals surface area contributed by atoms with Gasteiger partial charge in [-0.15, -0.1) is 0 Å². The molecule has 2 N–H and O–H groups in total. The molecule has 0 spiro atoms. The van der Waals surface area contributed by atoms with Gasteiger partial charge in [-0.05, 0) is 49.8 Å². The highest BCUT2D eigenvalue weighted by atomic mass is 16.2. The van der Waals surface area contributed by atoms with Crippen molar-refractivity contribution in [3.05, 3.63) is 29.8 Å². The Morgan fingerprint density at radius 2 is 1.74 bits per heavy atom. The van der Waals surface area contributed by atoms with Gasteiger partial charge in [0.1, 0.15) is 0 Å². The first-order valence-electron chi connectivity index (χ1n) is 8.48. The molecule has 0 bridgehead atoms. The van der Waals surface area contributed by atoms with E-state index in [0.29, 0.717) is 11.3 Å². The van der Waals surface area contributed by atoms with Crippen LogP contribution in [-0.4, -0.2) is 17.9 Å². The van der Waals surface area contributed by atoms with E-state index in [1.165, 1.54) is 12.8 Å². The highest BCUT2D eigenvalue weighted by Gasteiger charge is 2.22. The van der Waals surface area contributed by atoms with E-state index in [2.05, 4.69) is 17.6 Å². The first-order chi connectivity index (χ1) is 10.8. The van der Waals surface area contributed by atoms with Crippen molar-refractivity contribution < 1.29 is 9.59 Å². The van der Waals surface area contributed by atoms with E-state index < -0.39 is 5.41 Å². The van der Waals surface area contributed by atoms with Crippen LogP contribution in [0.25, 0.3) is 0 Å². The van der Waals surface area contributed by atoms with Gasteiger partial charge in [-0.1, -0.05) is 33.8 Å². The smallest absolute Gasteiger partial charge is 0.251 e. The average Bonchev–Trinajstić information content (AvgIpc) is 2.49. The molecule has 4 heteroatoms. The molecule has 1 aliphatic rings. The van der Waals surface area contributed by atoms with E-state index >= 15 is 0 Å². The van der Waals surface area contributed by atoms with Gasteiger partial charge in [0.05, 0.1) is 0 Å². The van der Waals surface area contributed by atoms with Gasteiger partial charge < -0.3 is 10.6 Å². The first kappa shape index (κ1) is 17.5. The quantitative estimate of drug-likeness (QED) is 0.886. The maximum Gasteiger partial charge on any atom is 0.251 e. The Hall–Kier alpha value is -1.84. The number of carbonyl (C=O) groups is 2. The summed E-state index contributed by atoms with van der Waals surface area (Å²) in [6.45, 7) is 7.86. The fourth-order valence-electron chi connectivity index (χ4n) is 2.73. The third-order valence-electron chi connectivity index (χ3n) is 4.41. The van der Waals surface area contributed by atoms with Crippen LogP contribution < -0.4 is 10.6 Å². The summed E-state index contributed by atoms with van der Waals surface area (Å²) in [6, 6.07) is 7.41. The minimum Gasteiger partial charge on any atom is -0.349 e. The maximum absolute atomic E-state index is 12.4. The predicted octanol–water partition coefficient (Wildman–Crippen LogP) is 3.98. The number of nitrogens with one attached hydrogen (secondary N) is 2. The number of hydrogen-bond donors (Lipinski definition) is 2. The lowest BCUT2D eigenvalue weighted by atomic mass is 9.87. The molecule has 2 amide bonds. The SMILES string of the molecule is CC1CCC(NC(=O)c2cccc(NC(=O)C(C)(C)C)c2)CC1. The van der Waals surface area contributed by atoms with Crippen molar-refractivity contribution in [1.82, 2.24) is 5.32 Å². The molecule has 0 unspecified atom stereocenters. The summed E-state index contributed by atoms with van der Waals surface area (Å²) >= 11 is 0. The van der Waals surface area contributed by atoms with Crippen LogP contribution in [0.15, 0.2) is 24.3 Å². The second-order valence-corrected chi connectivity index (χ2v) is 7.72. The molecule has 4 nitrogen and oxygen atoms in total. The minimum atomic E-state index is -0.461. The number of carbonyl (C=O) groups excluding carboxylic acids is 2. The second kappa shape index (κ2) is 7.16. The van der Waals surface area contributed by atoms with Gasteiger partial charge in [-0.2, -0.15) is 0 Å². The number of hydrogen-bond acceptors (Lipinski definition) is 2. The summed E-state index contributed by atoms with van der Waals surface area (Å²) < 4.78 is 0. The molecule has 0 saturated heterocycles. The van der Waals surface area contributed by atoms with E-state index in [4.69, 9.17) is 0 Å². The summed E-state index contributed by atoms with van der Waals surface area (Å²) in [4.78, 5) is 24.5. The molecule has 1 fully saturated rings. The summed E-state index contributed by atoms with van der Waals surface area (Å²) in [5, 5.41) is 5.98. The Labute approximate surface area is 139 Å². The molecule has 23 heavy (non-hydrogen) atoms. The Balaban J connectivity index is 1.98. The lowest BCUT2D eigenvalue weighted by Gasteiger charge is -2.27. The highest BCUT2D eigenvalue weighted by molar-refractivity contribution is 5.98. The van der Waals surface area contributed by atoms with Gasteiger partial charge in [0.2, 0.25) is 5.91 Å². The van der Waals surface area contributed by atoms with Gasteiger partial charge in [0.15, 0.2) is 0 Å². The van der Waals surface area contributed by atoms with Gasteiger partial charge in [0, 0.05) is 22.7 Å². The Morgan fingerprint density at radius 3 is 2.35 bits per heavy atom. The predicted molar refractivity (Wildman–Crippen MR) is 93.4 cm³/mol. The van der Waals surface area contributed by atoms with E-state index in [0.717, 1.165) is 18.8 Å². The molecule has 0 aromatic heterocycles. The van der Waals surface area contributed by atoms with Gasteiger partial charge in [0.25, 0.3) is 5.91 Å². The van der Waals surface area contributed by atoms with Crippen LogP contribution in [0.1, 0.15) is 63.7 Å². The standard InChI is InChI=1S/C19H28N2O2/c1-13-8-10-15(11-9-13)20-17(22)14-6-5-7-16(12-14)21-18(23)19(2,3)4/h5-7,12-13,15H,8-11H2,1-4H3,(H,20,22)(H,21,23). The molecule has 1 saturated carbocycles. The molecular formula is C19H28N2O2. The topological polar surface area (TPSA) is 58.2 Å². The van der Waals surface area contributed by atoms with E-state index in [1.807, 2.05) is 26.8 Å². The second-order valence-electron chi connectivity index (χ2n) is 7.72. The molecule has 0 heterocycles. The van der Waals surface area contributed by atoms with Gasteiger partial charge in [-0.3, -0.25) is 9.59 Å². The third-order valence-corrected chi connectivity index (χ3v) is 4.41. The van der Waals surface area contributed by atoms with E-state index in [9.17, 15) is 9.59 Å².